The third-order valence-corrected chi connectivity index (χ3v) is 4.77. The van der Waals surface area contributed by atoms with E-state index in [1.165, 1.54) is 12.8 Å². The molecular formula is C16H24Cl2N2. The van der Waals surface area contributed by atoms with E-state index in [2.05, 4.69) is 24.8 Å². The molecule has 0 saturated carbocycles. The normalized spacial score (nSPS) is 24.9. The van der Waals surface area contributed by atoms with E-state index in [4.69, 9.17) is 28.9 Å². The van der Waals surface area contributed by atoms with E-state index < -0.39 is 0 Å². The van der Waals surface area contributed by atoms with E-state index in [9.17, 15) is 0 Å². The van der Waals surface area contributed by atoms with Crippen LogP contribution in [0.3, 0.4) is 0 Å². The van der Waals surface area contributed by atoms with Gasteiger partial charge in [0.1, 0.15) is 0 Å². The van der Waals surface area contributed by atoms with E-state index in [0.29, 0.717) is 16.0 Å². The maximum atomic E-state index is 6.45. The largest absolute Gasteiger partial charge is 0.326 e. The number of nitrogens with two attached hydrogens (primary N) is 1. The molecule has 2 atom stereocenters. The fraction of sp³-hybridized carbons (Fsp3) is 0.625. The van der Waals surface area contributed by atoms with Crippen molar-refractivity contribution in [2.75, 3.05) is 13.1 Å². The lowest BCUT2D eigenvalue weighted by Crippen LogP contribution is -2.41. The molecule has 1 aromatic carbocycles. The zero-order valence-corrected chi connectivity index (χ0v) is 13.8. The summed E-state index contributed by atoms with van der Waals surface area (Å²) < 4.78 is 0. The quantitative estimate of drug-likeness (QED) is 0.889. The molecule has 1 saturated heterocycles. The maximum Gasteiger partial charge on any atom is 0.0640 e. The van der Waals surface area contributed by atoms with Gasteiger partial charge in [0.2, 0.25) is 0 Å². The van der Waals surface area contributed by atoms with E-state index in [1.807, 2.05) is 12.1 Å². The van der Waals surface area contributed by atoms with Crippen molar-refractivity contribution in [1.82, 2.24) is 4.90 Å². The topological polar surface area (TPSA) is 29.3 Å². The van der Waals surface area contributed by atoms with Crippen molar-refractivity contribution < 1.29 is 0 Å². The lowest BCUT2D eigenvalue weighted by molar-refractivity contribution is 0.166. The fourth-order valence-electron chi connectivity index (χ4n) is 3.11. The first-order valence-electron chi connectivity index (χ1n) is 7.44. The van der Waals surface area contributed by atoms with Crippen molar-refractivity contribution in [3.05, 3.63) is 33.8 Å². The second kappa shape index (κ2) is 7.13. The summed E-state index contributed by atoms with van der Waals surface area (Å²) in [7, 11) is 0. The molecule has 2 N–H and O–H groups in total. The lowest BCUT2D eigenvalue weighted by Gasteiger charge is -2.35. The van der Waals surface area contributed by atoms with Gasteiger partial charge in [-0.15, -0.1) is 0 Å². The number of halogens is 2. The van der Waals surface area contributed by atoms with Crippen molar-refractivity contribution in [1.29, 1.82) is 0 Å². The molecule has 1 aliphatic heterocycles. The molecule has 0 spiro atoms. The molecule has 2 unspecified atom stereocenters. The van der Waals surface area contributed by atoms with Crippen LogP contribution in [0, 0.1) is 5.92 Å². The van der Waals surface area contributed by atoms with E-state index >= 15 is 0 Å². The molecule has 0 radical (unpaired) electrons. The van der Waals surface area contributed by atoms with Crippen LogP contribution in [-0.4, -0.2) is 24.0 Å². The third-order valence-electron chi connectivity index (χ3n) is 3.93. The zero-order chi connectivity index (χ0) is 14.7. The molecule has 1 fully saturated rings. The Bertz CT molecular complexity index is 448. The van der Waals surface area contributed by atoms with Gasteiger partial charge in [-0.2, -0.15) is 0 Å². The number of nitrogens with zero attached hydrogens (tertiary/aromatic N) is 1. The molecule has 1 aromatic rings. The second-order valence-electron chi connectivity index (χ2n) is 6.14. The molecule has 112 valence electrons. The Kier molecular flexibility index (Phi) is 5.74. The summed E-state index contributed by atoms with van der Waals surface area (Å²) in [4.78, 5) is 2.49. The second-order valence-corrected chi connectivity index (χ2v) is 6.92. The molecule has 20 heavy (non-hydrogen) atoms. The molecule has 0 amide bonds. The van der Waals surface area contributed by atoms with Gasteiger partial charge >= 0.3 is 0 Å². The number of hydrogen-bond donors (Lipinski definition) is 1. The maximum absolute atomic E-state index is 6.45. The van der Waals surface area contributed by atoms with Crippen molar-refractivity contribution in [3.8, 4) is 0 Å². The van der Waals surface area contributed by atoms with Crippen molar-refractivity contribution in [2.24, 2.45) is 11.7 Å². The Hall–Kier alpha value is -0.280. The Labute approximate surface area is 132 Å². The van der Waals surface area contributed by atoms with Gasteiger partial charge < -0.3 is 5.73 Å². The van der Waals surface area contributed by atoms with Gasteiger partial charge in [0, 0.05) is 12.6 Å². The lowest BCUT2D eigenvalue weighted by atomic mass is 9.95. The summed E-state index contributed by atoms with van der Waals surface area (Å²) in [6.45, 7) is 6.61. The average molecular weight is 315 g/mol. The van der Waals surface area contributed by atoms with Gasteiger partial charge in [-0.1, -0.05) is 55.6 Å². The molecule has 4 heteroatoms. The molecule has 1 aliphatic rings. The minimum absolute atomic E-state index is 0.118. The molecule has 0 bridgehead atoms. The third kappa shape index (κ3) is 3.67. The Morgan fingerprint density at radius 2 is 2.05 bits per heavy atom. The highest BCUT2D eigenvalue weighted by atomic mass is 35.5. The smallest absolute Gasteiger partial charge is 0.0640 e. The van der Waals surface area contributed by atoms with E-state index in [-0.39, 0.29) is 12.1 Å². The van der Waals surface area contributed by atoms with Gasteiger partial charge in [-0.05, 0) is 36.9 Å². The predicted molar refractivity (Wildman–Crippen MR) is 87.4 cm³/mol. The average Bonchev–Trinajstić information content (AvgIpc) is 2.55. The summed E-state index contributed by atoms with van der Waals surface area (Å²) in [5.41, 5.74) is 7.53. The van der Waals surface area contributed by atoms with Crippen molar-refractivity contribution in [3.63, 3.8) is 0 Å². The van der Waals surface area contributed by atoms with Gasteiger partial charge in [0.15, 0.2) is 0 Å². The first-order valence-corrected chi connectivity index (χ1v) is 8.20. The first-order chi connectivity index (χ1) is 9.50. The predicted octanol–water partition coefficient (Wildman–Crippen LogP) is 4.50. The van der Waals surface area contributed by atoms with Crippen LogP contribution >= 0.6 is 23.2 Å². The van der Waals surface area contributed by atoms with Gasteiger partial charge in [-0.25, -0.2) is 0 Å². The van der Waals surface area contributed by atoms with Crippen LogP contribution in [0.15, 0.2) is 18.2 Å². The Morgan fingerprint density at radius 1 is 1.30 bits per heavy atom. The van der Waals surface area contributed by atoms with Gasteiger partial charge in [0.25, 0.3) is 0 Å². The minimum Gasteiger partial charge on any atom is -0.326 e. The number of benzene rings is 1. The van der Waals surface area contributed by atoms with Gasteiger partial charge in [-0.3, -0.25) is 4.90 Å². The van der Waals surface area contributed by atoms with E-state index in [0.717, 1.165) is 25.1 Å². The van der Waals surface area contributed by atoms with Crippen LogP contribution in [0.4, 0.5) is 0 Å². The molecule has 1 heterocycles. The van der Waals surface area contributed by atoms with Crippen molar-refractivity contribution >= 4 is 23.2 Å². The first kappa shape index (κ1) is 16.1. The SMILES string of the molecule is CC(C)CN1CCCCC(N)C1c1cccc(Cl)c1Cl. The standard InChI is InChI=1S/C16H24Cl2N2/c1-11(2)10-20-9-4-3-8-14(19)16(20)12-6-5-7-13(17)15(12)18/h5-7,11,14,16H,3-4,8-10,19H2,1-2H3. The molecule has 2 rings (SSSR count). The monoisotopic (exact) mass is 314 g/mol. The number of rotatable bonds is 3. The van der Waals surface area contributed by atoms with Crippen LogP contribution in [0.5, 0.6) is 0 Å². The Balaban J connectivity index is 2.37. The minimum atomic E-state index is 0.118. The van der Waals surface area contributed by atoms with Crippen LogP contribution in [-0.2, 0) is 0 Å². The summed E-state index contributed by atoms with van der Waals surface area (Å²) in [6.07, 6.45) is 3.43. The summed E-state index contributed by atoms with van der Waals surface area (Å²) in [5.74, 6) is 0.612. The summed E-state index contributed by atoms with van der Waals surface area (Å²) >= 11 is 12.6. The van der Waals surface area contributed by atoms with Crippen molar-refractivity contribution in [2.45, 2.75) is 45.2 Å². The van der Waals surface area contributed by atoms with Gasteiger partial charge in [0.05, 0.1) is 16.1 Å². The fourth-order valence-corrected chi connectivity index (χ4v) is 3.53. The van der Waals surface area contributed by atoms with Crippen LogP contribution in [0.1, 0.15) is 44.7 Å². The Morgan fingerprint density at radius 3 is 2.75 bits per heavy atom. The number of likely N-dealkylation sites (tertiary alicyclic amines) is 1. The van der Waals surface area contributed by atoms with Crippen LogP contribution < -0.4 is 5.73 Å². The highest BCUT2D eigenvalue weighted by Crippen LogP contribution is 2.37. The highest BCUT2D eigenvalue weighted by Gasteiger charge is 2.30. The number of hydrogen-bond acceptors (Lipinski definition) is 2. The molecular weight excluding hydrogens is 291 g/mol. The van der Waals surface area contributed by atoms with E-state index in [1.54, 1.807) is 0 Å². The van der Waals surface area contributed by atoms with Crippen LogP contribution in [0.2, 0.25) is 10.0 Å². The zero-order valence-electron chi connectivity index (χ0n) is 12.3. The molecule has 2 nitrogen and oxygen atoms in total. The highest BCUT2D eigenvalue weighted by molar-refractivity contribution is 6.42. The molecule has 0 aromatic heterocycles. The van der Waals surface area contributed by atoms with Crippen LogP contribution in [0.25, 0.3) is 0 Å². The molecule has 0 aliphatic carbocycles. The summed E-state index contributed by atoms with van der Waals surface area (Å²) in [6, 6.07) is 6.16. The summed E-state index contributed by atoms with van der Waals surface area (Å²) in [5, 5.41) is 1.27.